The number of aliphatic imine (C=N–C) groups is 2. The first-order valence-corrected chi connectivity index (χ1v) is 8.22. The minimum absolute atomic E-state index is 0.00799. The fourth-order valence-electron chi connectivity index (χ4n) is 3.09. The number of hydrogen-bond donors (Lipinski definition) is 3. The van der Waals surface area contributed by atoms with Crippen LogP contribution >= 0.6 is 0 Å². The average molecular weight is 390 g/mol. The first kappa shape index (κ1) is 18.0. The zero-order valence-electron chi connectivity index (χ0n) is 14.8. The second kappa shape index (κ2) is 6.65. The number of hydrogen-bond acceptors (Lipinski definition) is 12. The SMILES string of the molecule is N#CC1=Nc2c3c(c4nc(C=N)c(C#N)nc4c2NC1C#N)NC(C#N)C(C#N)=N3. The lowest BCUT2D eigenvalue weighted by Crippen LogP contribution is -2.32. The lowest BCUT2D eigenvalue weighted by atomic mass is 10.0. The van der Waals surface area contributed by atoms with E-state index in [1.165, 1.54) is 0 Å². The van der Waals surface area contributed by atoms with E-state index in [0.29, 0.717) is 0 Å². The number of benzene rings is 1. The Hall–Kier alpha value is -5.38. The quantitative estimate of drug-likeness (QED) is 0.597. The molecule has 12 nitrogen and oxygen atoms in total. The van der Waals surface area contributed by atoms with Crippen LogP contribution in [0.5, 0.6) is 0 Å². The third-order valence-corrected chi connectivity index (χ3v) is 4.41. The van der Waals surface area contributed by atoms with E-state index in [9.17, 15) is 26.3 Å². The summed E-state index contributed by atoms with van der Waals surface area (Å²) < 4.78 is 0. The molecule has 3 N–H and O–H groups in total. The zero-order valence-corrected chi connectivity index (χ0v) is 14.8. The topological polar surface area (TPSA) is 217 Å². The molecule has 30 heavy (non-hydrogen) atoms. The van der Waals surface area contributed by atoms with Crippen molar-refractivity contribution in [2.24, 2.45) is 9.98 Å². The normalized spacial score (nSPS) is 18.2. The predicted octanol–water partition coefficient (Wildman–Crippen LogP) is 1.33. The molecule has 0 saturated heterocycles. The van der Waals surface area contributed by atoms with E-state index in [1.807, 2.05) is 30.3 Å². The van der Waals surface area contributed by atoms with Crippen LogP contribution in [-0.4, -0.2) is 39.7 Å². The summed E-state index contributed by atoms with van der Waals surface area (Å²) in [5.41, 5.74) is 0.619. The molecule has 3 heterocycles. The van der Waals surface area contributed by atoms with Gasteiger partial charge in [0.1, 0.15) is 46.3 Å². The zero-order chi connectivity index (χ0) is 21.4. The molecule has 1 aromatic heterocycles. The molecule has 0 radical (unpaired) electrons. The van der Waals surface area contributed by atoms with Gasteiger partial charge in [-0.3, -0.25) is 0 Å². The van der Waals surface area contributed by atoms with Crippen molar-refractivity contribution in [3.63, 3.8) is 0 Å². The Morgan fingerprint density at radius 2 is 1.27 bits per heavy atom. The summed E-state index contributed by atoms with van der Waals surface area (Å²) in [5, 5.41) is 60.0. The van der Waals surface area contributed by atoms with Gasteiger partial charge in [0.25, 0.3) is 0 Å². The Labute approximate surface area is 168 Å². The van der Waals surface area contributed by atoms with Crippen LogP contribution in [0.25, 0.3) is 11.0 Å². The monoisotopic (exact) mass is 390 g/mol. The van der Waals surface area contributed by atoms with Crippen molar-refractivity contribution in [3.8, 4) is 30.3 Å². The second-order valence-corrected chi connectivity index (χ2v) is 5.99. The van der Waals surface area contributed by atoms with Gasteiger partial charge >= 0.3 is 0 Å². The molecule has 2 aromatic rings. The molecular formula is C18H6N12. The van der Waals surface area contributed by atoms with Gasteiger partial charge in [-0.1, -0.05) is 0 Å². The number of nitrogens with one attached hydrogen (secondary N) is 3. The minimum atomic E-state index is -1.07. The summed E-state index contributed by atoms with van der Waals surface area (Å²) in [6.07, 6.45) is 0.864. The molecule has 4 rings (SSSR count). The van der Waals surface area contributed by atoms with E-state index < -0.39 is 12.1 Å². The number of anilines is 2. The number of fused-ring (bicyclic) bond motifs is 6. The van der Waals surface area contributed by atoms with Crippen LogP contribution in [-0.2, 0) is 0 Å². The molecule has 0 saturated carbocycles. The fraction of sp³-hybridized carbons (Fsp3) is 0.111. The maximum absolute atomic E-state index is 9.38. The van der Waals surface area contributed by atoms with Gasteiger partial charge in [-0.25, -0.2) is 20.0 Å². The first-order valence-electron chi connectivity index (χ1n) is 8.22. The molecule has 0 bridgehead atoms. The average Bonchev–Trinajstić information content (AvgIpc) is 2.81. The molecule has 2 aliphatic rings. The molecule has 0 fully saturated rings. The summed E-state index contributed by atoms with van der Waals surface area (Å²) in [6.45, 7) is 0. The Morgan fingerprint density at radius 1 is 0.767 bits per heavy atom. The van der Waals surface area contributed by atoms with Crippen molar-refractivity contribution in [3.05, 3.63) is 11.4 Å². The van der Waals surface area contributed by atoms with Gasteiger partial charge in [-0.2, -0.15) is 26.3 Å². The van der Waals surface area contributed by atoms with Crippen LogP contribution in [0.2, 0.25) is 0 Å². The standard InChI is InChI=1S/C18H6N12/c19-1-7-8(2-20)26-14-13(25-7)15-17(29-10(4-22)9(3-21)27-15)18-16(14)28-11(5-23)12(6-24)30-18/h1,9,11,19,27-28H. The Morgan fingerprint density at radius 3 is 1.67 bits per heavy atom. The molecule has 0 aliphatic carbocycles. The molecule has 12 heteroatoms. The highest BCUT2D eigenvalue weighted by atomic mass is 15.1. The number of rotatable bonds is 1. The van der Waals surface area contributed by atoms with Crippen molar-refractivity contribution >= 4 is 51.4 Å². The van der Waals surface area contributed by atoms with Gasteiger partial charge in [0.15, 0.2) is 29.2 Å². The third-order valence-electron chi connectivity index (χ3n) is 4.41. The summed E-state index contributed by atoms with van der Waals surface area (Å²) in [4.78, 5) is 17.0. The summed E-state index contributed by atoms with van der Waals surface area (Å²) >= 11 is 0. The van der Waals surface area contributed by atoms with E-state index in [0.717, 1.165) is 6.21 Å². The van der Waals surface area contributed by atoms with Crippen molar-refractivity contribution in [2.75, 3.05) is 10.6 Å². The van der Waals surface area contributed by atoms with E-state index in [2.05, 4.69) is 30.6 Å². The molecule has 2 aliphatic heterocycles. The van der Waals surface area contributed by atoms with Crippen LogP contribution < -0.4 is 10.6 Å². The highest BCUT2D eigenvalue weighted by molar-refractivity contribution is 6.21. The van der Waals surface area contributed by atoms with E-state index >= 15 is 0 Å². The lowest BCUT2D eigenvalue weighted by Gasteiger charge is -2.27. The van der Waals surface area contributed by atoms with E-state index in [-0.39, 0.29) is 56.6 Å². The minimum Gasteiger partial charge on any atom is -0.361 e. The van der Waals surface area contributed by atoms with Crippen LogP contribution in [0.15, 0.2) is 9.98 Å². The summed E-state index contributed by atoms with van der Waals surface area (Å²) in [6, 6.07) is 7.26. The summed E-state index contributed by atoms with van der Waals surface area (Å²) in [7, 11) is 0. The Balaban J connectivity index is 2.20. The van der Waals surface area contributed by atoms with Gasteiger partial charge in [0.05, 0.1) is 23.5 Å². The molecule has 0 spiro atoms. The molecule has 0 amide bonds. The highest BCUT2D eigenvalue weighted by Gasteiger charge is 2.34. The smallest absolute Gasteiger partial charge is 0.168 e. The first-order chi connectivity index (χ1) is 14.6. The van der Waals surface area contributed by atoms with Crippen LogP contribution in [0.3, 0.4) is 0 Å². The number of aromatic nitrogens is 2. The van der Waals surface area contributed by atoms with Crippen molar-refractivity contribution < 1.29 is 0 Å². The molecular weight excluding hydrogens is 384 g/mol. The van der Waals surface area contributed by atoms with Gasteiger partial charge in [0.2, 0.25) is 0 Å². The largest absolute Gasteiger partial charge is 0.361 e. The van der Waals surface area contributed by atoms with Crippen molar-refractivity contribution in [1.29, 1.82) is 31.7 Å². The van der Waals surface area contributed by atoms with Gasteiger partial charge in [-0.05, 0) is 0 Å². The highest BCUT2D eigenvalue weighted by Crippen LogP contribution is 2.50. The molecule has 2 atom stereocenters. The third kappa shape index (κ3) is 2.38. The van der Waals surface area contributed by atoms with Crippen LogP contribution in [0, 0.1) is 62.1 Å². The number of nitrogens with zero attached hydrogens (tertiary/aromatic N) is 9. The molecule has 138 valence electrons. The van der Waals surface area contributed by atoms with Crippen LogP contribution in [0.4, 0.5) is 22.7 Å². The Kier molecular flexibility index (Phi) is 3.99. The maximum Gasteiger partial charge on any atom is 0.168 e. The Bertz CT molecular complexity index is 1430. The van der Waals surface area contributed by atoms with Gasteiger partial charge < -0.3 is 16.0 Å². The second-order valence-electron chi connectivity index (χ2n) is 5.99. The van der Waals surface area contributed by atoms with E-state index in [1.54, 1.807) is 0 Å². The fourth-order valence-corrected chi connectivity index (χ4v) is 3.09. The predicted molar refractivity (Wildman–Crippen MR) is 104 cm³/mol. The summed E-state index contributed by atoms with van der Waals surface area (Å²) in [5.74, 6) is 0. The van der Waals surface area contributed by atoms with E-state index in [4.69, 9.17) is 5.41 Å². The molecule has 2 unspecified atom stereocenters. The van der Waals surface area contributed by atoms with Crippen LogP contribution in [0.1, 0.15) is 11.4 Å². The number of nitriles is 5. The molecule has 1 aromatic carbocycles. The maximum atomic E-state index is 9.38. The van der Waals surface area contributed by atoms with Crippen molar-refractivity contribution in [2.45, 2.75) is 12.1 Å². The lowest BCUT2D eigenvalue weighted by molar-refractivity contribution is 1.11. The van der Waals surface area contributed by atoms with Gasteiger partial charge in [-0.15, -0.1) is 0 Å². The van der Waals surface area contributed by atoms with Gasteiger partial charge in [0, 0.05) is 6.21 Å². The van der Waals surface area contributed by atoms with Crippen molar-refractivity contribution in [1.82, 2.24) is 9.97 Å².